The molecule has 0 radical (unpaired) electrons. The van der Waals surface area contributed by atoms with Crippen LogP contribution in [-0.4, -0.2) is 42.6 Å². The maximum absolute atomic E-state index is 13.0. The minimum atomic E-state index is -7.62. The van der Waals surface area contributed by atoms with Gasteiger partial charge in [-0.05, 0) is 0 Å². The van der Waals surface area contributed by atoms with Crippen LogP contribution < -0.4 is 9.79 Å². The molecule has 0 spiro atoms. The first kappa shape index (κ1) is 23.5. The summed E-state index contributed by atoms with van der Waals surface area (Å²) < 4.78 is 155. The highest BCUT2D eigenvalue weighted by molar-refractivity contribution is 7.36. The second-order valence-corrected chi connectivity index (χ2v) is 4.86. The first-order valence-corrected chi connectivity index (χ1v) is 6.40. The molecule has 0 amide bonds. The van der Waals surface area contributed by atoms with E-state index in [0.29, 0.717) is 0 Å². The van der Waals surface area contributed by atoms with Gasteiger partial charge in [-0.15, -0.1) is 0 Å². The summed E-state index contributed by atoms with van der Waals surface area (Å²) in [7, 11) is -3.90. The Bertz CT molecular complexity index is 427. The standard InChI is InChI=1S/C8H5F12O3P/c9-3(10)5(13,14)7(17,18)8(19,20)6(15,16)4(11,12)1-2-23-24(21)22/h3H,1-2H2/q-2. The summed E-state index contributed by atoms with van der Waals surface area (Å²) in [4.78, 5) is 19.7. The second-order valence-electron chi connectivity index (χ2n) is 4.16. The molecule has 0 aliphatic heterocycles. The van der Waals surface area contributed by atoms with Crippen LogP contribution in [-0.2, 0) is 4.52 Å². The molecule has 0 aromatic heterocycles. The average Bonchev–Trinajstić information content (AvgIpc) is 2.36. The zero-order chi connectivity index (χ0) is 19.8. The van der Waals surface area contributed by atoms with E-state index in [9.17, 15) is 62.5 Å². The van der Waals surface area contributed by atoms with Gasteiger partial charge in [-0.3, -0.25) is 0 Å². The Hall–Kier alpha value is -0.530. The average molecular weight is 408 g/mol. The van der Waals surface area contributed by atoms with Gasteiger partial charge in [0.15, 0.2) is 0 Å². The van der Waals surface area contributed by atoms with Crippen LogP contribution in [0.5, 0.6) is 0 Å². The topological polar surface area (TPSA) is 55.3 Å². The van der Waals surface area contributed by atoms with Crippen molar-refractivity contribution in [2.45, 2.75) is 42.5 Å². The van der Waals surface area contributed by atoms with Crippen molar-refractivity contribution < 1.29 is 67.0 Å². The molecular weight excluding hydrogens is 403 g/mol. The fraction of sp³-hybridized carbons (Fsp3) is 1.00. The van der Waals surface area contributed by atoms with E-state index < -0.39 is 57.7 Å². The van der Waals surface area contributed by atoms with Crippen molar-refractivity contribution in [3.8, 4) is 0 Å². The maximum atomic E-state index is 13.0. The van der Waals surface area contributed by atoms with Crippen molar-refractivity contribution >= 4 is 8.60 Å². The lowest BCUT2D eigenvalue weighted by atomic mass is 9.93. The van der Waals surface area contributed by atoms with Gasteiger partial charge in [-0.2, -0.15) is 52.5 Å². The molecule has 0 aromatic carbocycles. The predicted molar refractivity (Wildman–Crippen MR) is 48.2 cm³/mol. The molecule has 0 unspecified atom stereocenters. The second kappa shape index (κ2) is 7.00. The Kier molecular flexibility index (Phi) is 6.84. The molecule has 0 aromatic rings. The van der Waals surface area contributed by atoms with Gasteiger partial charge >= 0.3 is 36.0 Å². The quantitative estimate of drug-likeness (QED) is 0.436. The van der Waals surface area contributed by atoms with Crippen molar-refractivity contribution in [2.24, 2.45) is 0 Å². The first-order valence-electron chi connectivity index (χ1n) is 5.30. The number of halogens is 12. The minimum absolute atomic E-state index is 1.89. The van der Waals surface area contributed by atoms with E-state index in [1.807, 2.05) is 0 Å². The van der Waals surface area contributed by atoms with Gasteiger partial charge < -0.3 is 14.3 Å². The van der Waals surface area contributed by atoms with E-state index in [4.69, 9.17) is 0 Å². The molecule has 0 rings (SSSR count). The van der Waals surface area contributed by atoms with Gasteiger partial charge in [0, 0.05) is 6.42 Å². The summed E-state index contributed by atoms with van der Waals surface area (Å²) in [5.74, 6) is -35.7. The Morgan fingerprint density at radius 3 is 1.50 bits per heavy atom. The molecule has 0 bridgehead atoms. The maximum Gasteiger partial charge on any atom is 0.384 e. The van der Waals surface area contributed by atoms with Crippen LogP contribution in [0.2, 0.25) is 0 Å². The molecule has 0 atom stereocenters. The fourth-order valence-electron chi connectivity index (χ4n) is 1.18. The van der Waals surface area contributed by atoms with Crippen molar-refractivity contribution in [1.29, 1.82) is 0 Å². The van der Waals surface area contributed by atoms with Crippen molar-refractivity contribution in [3.05, 3.63) is 0 Å². The third-order valence-corrected chi connectivity index (χ3v) is 2.95. The normalized spacial score (nSPS) is 15.5. The largest absolute Gasteiger partial charge is 0.820 e. The first-order chi connectivity index (χ1) is 10.4. The molecule has 0 fully saturated rings. The Balaban J connectivity index is 5.72. The lowest BCUT2D eigenvalue weighted by Gasteiger charge is -2.39. The van der Waals surface area contributed by atoms with E-state index in [0.717, 1.165) is 0 Å². The van der Waals surface area contributed by atoms with Gasteiger partial charge in [-0.25, -0.2) is 8.78 Å². The molecule has 0 aliphatic rings. The Morgan fingerprint density at radius 1 is 0.750 bits per heavy atom. The fourth-order valence-corrected chi connectivity index (χ4v) is 1.42. The van der Waals surface area contributed by atoms with Gasteiger partial charge in [0.05, 0.1) is 6.61 Å². The number of hydrogen-bond donors (Lipinski definition) is 0. The third kappa shape index (κ3) is 3.83. The van der Waals surface area contributed by atoms with Gasteiger partial charge in [0.25, 0.3) is 0 Å². The summed E-state index contributed by atoms with van der Waals surface area (Å²) in [6.07, 6.45) is -8.19. The molecule has 0 saturated carbocycles. The third-order valence-electron chi connectivity index (χ3n) is 2.55. The van der Waals surface area contributed by atoms with Crippen molar-refractivity contribution in [2.75, 3.05) is 6.61 Å². The van der Waals surface area contributed by atoms with E-state index in [1.165, 1.54) is 0 Å². The molecule has 0 saturated heterocycles. The predicted octanol–water partition coefficient (Wildman–Crippen LogP) is 2.78. The van der Waals surface area contributed by atoms with Crippen LogP contribution in [0.3, 0.4) is 0 Å². The summed E-state index contributed by atoms with van der Waals surface area (Å²) >= 11 is 0. The Labute approximate surface area is 126 Å². The number of hydrogen-bond acceptors (Lipinski definition) is 3. The lowest BCUT2D eigenvalue weighted by Crippen LogP contribution is -2.68. The number of rotatable bonds is 9. The van der Waals surface area contributed by atoms with E-state index in [1.54, 1.807) is 0 Å². The summed E-state index contributed by atoms with van der Waals surface area (Å²) in [5.41, 5.74) is 0. The monoisotopic (exact) mass is 408 g/mol. The van der Waals surface area contributed by atoms with Gasteiger partial charge in [-0.1, -0.05) is 0 Å². The Morgan fingerprint density at radius 2 is 1.17 bits per heavy atom. The number of alkyl halides is 12. The van der Waals surface area contributed by atoms with Crippen molar-refractivity contribution in [1.82, 2.24) is 0 Å². The molecule has 0 aliphatic carbocycles. The molecule has 24 heavy (non-hydrogen) atoms. The van der Waals surface area contributed by atoms with Gasteiger partial charge in [0.2, 0.25) is 0 Å². The molecule has 16 heteroatoms. The van der Waals surface area contributed by atoms with Crippen LogP contribution in [0.4, 0.5) is 52.7 Å². The molecule has 3 nitrogen and oxygen atoms in total. The highest BCUT2D eigenvalue weighted by atomic mass is 31.2. The molecule has 0 N–H and O–H groups in total. The van der Waals surface area contributed by atoms with Crippen LogP contribution >= 0.6 is 8.60 Å². The van der Waals surface area contributed by atoms with E-state index >= 15 is 0 Å². The highest BCUT2D eigenvalue weighted by Crippen LogP contribution is 2.58. The van der Waals surface area contributed by atoms with Gasteiger partial charge in [0.1, 0.15) is 0 Å². The zero-order valence-electron chi connectivity index (χ0n) is 10.7. The highest BCUT2D eigenvalue weighted by Gasteiger charge is 2.87. The summed E-state index contributed by atoms with van der Waals surface area (Å²) in [6, 6.07) is 0. The summed E-state index contributed by atoms with van der Waals surface area (Å²) in [6.45, 7) is -1.89. The molecule has 146 valence electrons. The van der Waals surface area contributed by atoms with E-state index in [-0.39, 0.29) is 0 Å². The van der Waals surface area contributed by atoms with Crippen molar-refractivity contribution in [3.63, 3.8) is 0 Å². The minimum Gasteiger partial charge on any atom is -0.820 e. The lowest BCUT2D eigenvalue weighted by molar-refractivity contribution is -0.413. The SMILES string of the molecule is [O-]P([O-])OCCC(F)(F)C(F)(F)C(F)(F)C(F)(F)C(F)(F)C(F)F. The van der Waals surface area contributed by atoms with E-state index in [2.05, 4.69) is 4.52 Å². The molecular formula is C8H5F12O3P-2. The van der Waals surface area contributed by atoms with Crippen LogP contribution in [0, 0.1) is 0 Å². The van der Waals surface area contributed by atoms with Crippen LogP contribution in [0.15, 0.2) is 0 Å². The summed E-state index contributed by atoms with van der Waals surface area (Å²) in [5, 5.41) is 0. The van der Waals surface area contributed by atoms with Crippen LogP contribution in [0.25, 0.3) is 0 Å². The van der Waals surface area contributed by atoms with Crippen LogP contribution in [0.1, 0.15) is 6.42 Å². The zero-order valence-corrected chi connectivity index (χ0v) is 11.6. The smallest absolute Gasteiger partial charge is 0.384 e. The molecule has 0 heterocycles.